The third kappa shape index (κ3) is 24.8. The number of hydrogen-bond acceptors (Lipinski definition) is 3. The number of allylic oxidation sites excluding steroid dienone is 2. The van der Waals surface area contributed by atoms with Crippen LogP contribution in [-0.4, -0.2) is 34.9 Å². The highest BCUT2D eigenvalue weighted by molar-refractivity contribution is 5.76. The fourth-order valence-electron chi connectivity index (χ4n) is 4.76. The maximum Gasteiger partial charge on any atom is 0.220 e. The molecule has 4 nitrogen and oxygen atoms in total. The number of nitrogens with one attached hydrogen (secondary N) is 1. The van der Waals surface area contributed by atoms with Gasteiger partial charge in [-0.25, -0.2) is 0 Å². The molecule has 0 aliphatic rings. The molecule has 4 heteroatoms. The minimum Gasteiger partial charge on any atom is -0.394 e. The van der Waals surface area contributed by atoms with Crippen LogP contribution in [-0.2, 0) is 4.79 Å². The van der Waals surface area contributed by atoms with E-state index in [-0.39, 0.29) is 12.5 Å². The van der Waals surface area contributed by atoms with Gasteiger partial charge >= 0.3 is 0 Å². The highest BCUT2D eigenvalue weighted by Crippen LogP contribution is 2.13. The number of rotatable bonds is 28. The summed E-state index contributed by atoms with van der Waals surface area (Å²) in [5.74, 6) is -0.0413. The van der Waals surface area contributed by atoms with Crippen molar-refractivity contribution in [1.82, 2.24) is 5.32 Å². The smallest absolute Gasteiger partial charge is 0.220 e. The molecule has 0 aromatic carbocycles. The molecule has 214 valence electrons. The summed E-state index contributed by atoms with van der Waals surface area (Å²) in [5, 5.41) is 22.8. The van der Waals surface area contributed by atoms with Crippen LogP contribution in [0.2, 0.25) is 0 Å². The molecule has 0 aliphatic heterocycles. The van der Waals surface area contributed by atoms with E-state index in [4.69, 9.17) is 0 Å². The third-order valence-corrected chi connectivity index (χ3v) is 7.28. The topological polar surface area (TPSA) is 69.6 Å². The molecule has 0 saturated heterocycles. The van der Waals surface area contributed by atoms with E-state index in [0.29, 0.717) is 12.8 Å². The van der Waals surface area contributed by atoms with Crippen LogP contribution in [0.4, 0.5) is 0 Å². The first-order valence-electron chi connectivity index (χ1n) is 15.9. The van der Waals surface area contributed by atoms with E-state index < -0.39 is 12.1 Å². The monoisotopic (exact) mass is 509 g/mol. The number of amides is 1. The van der Waals surface area contributed by atoms with Crippen LogP contribution in [0.15, 0.2) is 12.2 Å². The molecule has 0 saturated carbocycles. The van der Waals surface area contributed by atoms with E-state index in [9.17, 15) is 15.0 Å². The van der Waals surface area contributed by atoms with Gasteiger partial charge < -0.3 is 15.5 Å². The molecule has 0 rings (SSSR count). The van der Waals surface area contributed by atoms with Crippen molar-refractivity contribution in [2.45, 2.75) is 180 Å². The lowest BCUT2D eigenvalue weighted by Crippen LogP contribution is -2.45. The molecule has 0 heterocycles. The Balaban J connectivity index is 3.55. The predicted octanol–water partition coefficient (Wildman–Crippen LogP) is 8.78. The van der Waals surface area contributed by atoms with Crippen LogP contribution in [0.5, 0.6) is 0 Å². The molecule has 0 aromatic rings. The minimum atomic E-state index is -0.653. The molecular formula is C32H63NO3. The molecule has 2 atom stereocenters. The zero-order chi connectivity index (χ0) is 26.5. The minimum absolute atomic E-state index is 0.0413. The first-order valence-corrected chi connectivity index (χ1v) is 15.9. The number of hydrogen-bond donors (Lipinski definition) is 3. The Bertz CT molecular complexity index is 480. The summed E-state index contributed by atoms with van der Waals surface area (Å²) in [6, 6.07) is -0.530. The molecule has 36 heavy (non-hydrogen) atoms. The normalized spacial score (nSPS) is 13.3. The lowest BCUT2D eigenvalue weighted by atomic mass is 10.0. The summed E-state index contributed by atoms with van der Waals surface area (Å²) in [5.41, 5.74) is 0. The summed E-state index contributed by atoms with van der Waals surface area (Å²) in [7, 11) is 0. The number of aliphatic hydroxyl groups excluding tert-OH is 2. The van der Waals surface area contributed by atoms with Crippen molar-refractivity contribution in [3.05, 3.63) is 12.2 Å². The van der Waals surface area contributed by atoms with Gasteiger partial charge in [-0.2, -0.15) is 0 Å². The average Bonchev–Trinajstić information content (AvgIpc) is 2.88. The van der Waals surface area contributed by atoms with Gasteiger partial charge in [0.05, 0.1) is 18.8 Å². The fraction of sp³-hybridized carbons (Fsp3) is 0.906. The van der Waals surface area contributed by atoms with Crippen molar-refractivity contribution in [2.24, 2.45) is 0 Å². The molecule has 0 spiro atoms. The summed E-state index contributed by atoms with van der Waals surface area (Å²) in [6.45, 7) is 4.29. The van der Waals surface area contributed by atoms with Crippen LogP contribution in [0, 0.1) is 0 Å². The quantitative estimate of drug-likeness (QED) is 0.0729. The molecule has 0 radical (unpaired) electrons. The average molecular weight is 510 g/mol. The Morgan fingerprint density at radius 3 is 1.53 bits per heavy atom. The second kappa shape index (κ2) is 28.7. The summed E-state index contributed by atoms with van der Waals surface area (Å²) < 4.78 is 0. The molecule has 1 amide bonds. The number of aliphatic hydroxyl groups is 2. The second-order valence-electron chi connectivity index (χ2n) is 10.9. The third-order valence-electron chi connectivity index (χ3n) is 7.28. The van der Waals surface area contributed by atoms with E-state index in [2.05, 4.69) is 31.3 Å². The molecule has 0 aliphatic carbocycles. The van der Waals surface area contributed by atoms with Crippen molar-refractivity contribution < 1.29 is 15.0 Å². The van der Waals surface area contributed by atoms with Crippen molar-refractivity contribution >= 4 is 5.91 Å². The Kier molecular flexibility index (Phi) is 28.0. The van der Waals surface area contributed by atoms with E-state index in [1.807, 2.05) is 0 Å². The van der Waals surface area contributed by atoms with Crippen molar-refractivity contribution in [2.75, 3.05) is 6.61 Å². The van der Waals surface area contributed by atoms with Crippen LogP contribution in [0.1, 0.15) is 168 Å². The second-order valence-corrected chi connectivity index (χ2v) is 10.9. The highest BCUT2D eigenvalue weighted by Gasteiger charge is 2.19. The maximum atomic E-state index is 12.2. The summed E-state index contributed by atoms with van der Waals surface area (Å²) >= 11 is 0. The van der Waals surface area contributed by atoms with Crippen LogP contribution >= 0.6 is 0 Å². The van der Waals surface area contributed by atoms with Gasteiger partial charge in [-0.1, -0.05) is 135 Å². The van der Waals surface area contributed by atoms with E-state index in [0.717, 1.165) is 25.7 Å². The highest BCUT2D eigenvalue weighted by atomic mass is 16.3. The molecule has 3 N–H and O–H groups in total. The summed E-state index contributed by atoms with van der Waals surface area (Å²) in [6.07, 6.45) is 32.6. The van der Waals surface area contributed by atoms with Gasteiger partial charge in [0.1, 0.15) is 0 Å². The van der Waals surface area contributed by atoms with Gasteiger partial charge in [-0.3, -0.25) is 4.79 Å². The fourth-order valence-corrected chi connectivity index (χ4v) is 4.76. The van der Waals surface area contributed by atoms with Gasteiger partial charge in [0.2, 0.25) is 5.91 Å². The van der Waals surface area contributed by atoms with Gasteiger partial charge in [0, 0.05) is 6.42 Å². The Morgan fingerprint density at radius 2 is 1.06 bits per heavy atom. The standard InChI is InChI=1S/C32H63NO3/c1-3-5-7-9-11-12-13-14-15-16-17-18-19-20-22-24-26-28-32(36)33-30(29-34)31(35)27-25-23-21-10-8-6-4-2/h14-15,30-31,34-35H,3-13,16-29H2,1-2H3,(H,33,36)/b15-14-. The van der Waals surface area contributed by atoms with Crippen molar-refractivity contribution in [3.8, 4) is 0 Å². The Morgan fingerprint density at radius 1 is 0.639 bits per heavy atom. The van der Waals surface area contributed by atoms with Crippen molar-refractivity contribution in [1.29, 1.82) is 0 Å². The zero-order valence-corrected chi connectivity index (χ0v) is 24.3. The SMILES string of the molecule is CCCCCCCC/C=C\CCCCCCCCCC(=O)NC(CO)C(O)CCCCCCCCC. The lowest BCUT2D eigenvalue weighted by Gasteiger charge is -2.22. The first kappa shape index (κ1) is 35.1. The molecular weight excluding hydrogens is 446 g/mol. The molecule has 0 bridgehead atoms. The summed E-state index contributed by atoms with van der Waals surface area (Å²) in [4.78, 5) is 12.2. The largest absolute Gasteiger partial charge is 0.394 e. The van der Waals surface area contributed by atoms with Crippen molar-refractivity contribution in [3.63, 3.8) is 0 Å². The van der Waals surface area contributed by atoms with Crippen LogP contribution in [0.3, 0.4) is 0 Å². The zero-order valence-electron chi connectivity index (χ0n) is 24.3. The van der Waals surface area contributed by atoms with Gasteiger partial charge in [0.15, 0.2) is 0 Å². The molecule has 2 unspecified atom stereocenters. The maximum absolute atomic E-state index is 12.2. The van der Waals surface area contributed by atoms with Gasteiger partial charge in [0.25, 0.3) is 0 Å². The molecule has 0 fully saturated rings. The predicted molar refractivity (Wildman–Crippen MR) is 156 cm³/mol. The Labute approximate surface area is 225 Å². The van der Waals surface area contributed by atoms with Crippen LogP contribution in [0.25, 0.3) is 0 Å². The van der Waals surface area contributed by atoms with Crippen LogP contribution < -0.4 is 5.32 Å². The van der Waals surface area contributed by atoms with Gasteiger partial charge in [-0.05, 0) is 38.5 Å². The number of unbranched alkanes of at least 4 members (excludes halogenated alkanes) is 19. The Hall–Kier alpha value is -0.870. The van der Waals surface area contributed by atoms with E-state index in [1.54, 1.807) is 0 Å². The molecule has 0 aromatic heterocycles. The van der Waals surface area contributed by atoms with Gasteiger partial charge in [-0.15, -0.1) is 0 Å². The lowest BCUT2D eigenvalue weighted by molar-refractivity contribution is -0.123. The number of carbonyl (C=O) groups excluding carboxylic acids is 1. The first-order chi connectivity index (χ1) is 17.7. The number of carbonyl (C=O) groups is 1. The van der Waals surface area contributed by atoms with E-state index >= 15 is 0 Å². The van der Waals surface area contributed by atoms with E-state index in [1.165, 1.54) is 116 Å².